The zero-order valence-electron chi connectivity index (χ0n) is 22.9. The lowest BCUT2D eigenvalue weighted by Crippen LogP contribution is -2.37. The highest BCUT2D eigenvalue weighted by atomic mass is 16.6. The molecule has 0 saturated carbocycles. The number of imidazole rings is 1. The number of unbranched alkanes of at least 4 members (excludes halogenated alkanes) is 1. The van der Waals surface area contributed by atoms with Gasteiger partial charge in [-0.1, -0.05) is 27.2 Å². The van der Waals surface area contributed by atoms with Crippen molar-refractivity contribution in [3.8, 4) is 22.9 Å². The molecule has 2 aromatic heterocycles. The molecule has 4 rings (SSSR count). The van der Waals surface area contributed by atoms with Crippen molar-refractivity contribution >= 4 is 17.7 Å². The van der Waals surface area contributed by atoms with Crippen molar-refractivity contribution in [3.05, 3.63) is 41.7 Å². The van der Waals surface area contributed by atoms with Gasteiger partial charge in [-0.05, 0) is 12.8 Å². The van der Waals surface area contributed by atoms with Crippen LogP contribution in [0.2, 0.25) is 0 Å². The Kier molecular flexibility index (Phi) is 8.55. The molecule has 0 saturated heterocycles. The lowest BCUT2D eigenvalue weighted by molar-refractivity contribution is 0.0959. The van der Waals surface area contributed by atoms with E-state index < -0.39 is 0 Å². The average molecular weight is 525 g/mol. The Bertz CT molecular complexity index is 1250. The van der Waals surface area contributed by atoms with Crippen LogP contribution in [0.15, 0.2) is 24.7 Å². The fourth-order valence-electron chi connectivity index (χ4n) is 4.23. The number of carbonyl (C=O) groups is 1. The van der Waals surface area contributed by atoms with Crippen LogP contribution in [0.3, 0.4) is 0 Å². The summed E-state index contributed by atoms with van der Waals surface area (Å²) in [5.74, 6) is 3.77. The van der Waals surface area contributed by atoms with E-state index in [4.69, 9.17) is 28.9 Å². The molecule has 3 aromatic rings. The summed E-state index contributed by atoms with van der Waals surface area (Å²) in [6.07, 6.45) is 5.72. The van der Waals surface area contributed by atoms with Gasteiger partial charge in [0.2, 0.25) is 5.75 Å². The van der Waals surface area contributed by atoms with Crippen LogP contribution >= 0.6 is 0 Å². The average Bonchev–Trinajstić information content (AvgIpc) is 3.40. The van der Waals surface area contributed by atoms with E-state index in [0.717, 1.165) is 29.8 Å². The Hall–Kier alpha value is -4.02. The van der Waals surface area contributed by atoms with E-state index in [9.17, 15) is 4.79 Å². The number of ether oxygens (including phenoxy) is 4. The number of nitrogens with zero attached hydrogens (tertiary/aromatic N) is 5. The number of hydrogen-bond donors (Lipinski definition) is 1. The van der Waals surface area contributed by atoms with Crippen LogP contribution in [-0.2, 0) is 17.7 Å². The summed E-state index contributed by atoms with van der Waals surface area (Å²) in [6.45, 7) is 7.52. The molecule has 0 atom stereocenters. The van der Waals surface area contributed by atoms with E-state index in [1.807, 2.05) is 36.7 Å². The number of rotatable bonds is 10. The molecule has 0 radical (unpaired) electrons. The summed E-state index contributed by atoms with van der Waals surface area (Å²) in [4.78, 5) is 28.4. The smallest absolute Gasteiger partial charge is 0.410 e. The fourth-order valence-corrected chi connectivity index (χ4v) is 4.23. The molecule has 1 N–H and O–H groups in total. The van der Waals surface area contributed by atoms with Crippen LogP contribution < -0.4 is 19.5 Å². The molecule has 1 aliphatic heterocycles. The lowest BCUT2D eigenvalue weighted by Gasteiger charge is -2.29. The van der Waals surface area contributed by atoms with E-state index in [2.05, 4.69) is 17.2 Å². The summed E-state index contributed by atoms with van der Waals surface area (Å²) in [5.41, 5.74) is 2.60. The predicted molar refractivity (Wildman–Crippen MR) is 143 cm³/mol. The molecule has 0 bridgehead atoms. The van der Waals surface area contributed by atoms with E-state index >= 15 is 0 Å². The molecule has 11 heteroatoms. The van der Waals surface area contributed by atoms with E-state index in [0.29, 0.717) is 60.8 Å². The van der Waals surface area contributed by atoms with Crippen molar-refractivity contribution < 1.29 is 23.7 Å². The maximum absolute atomic E-state index is 12.6. The second-order valence-electron chi connectivity index (χ2n) is 9.32. The first-order valence-electron chi connectivity index (χ1n) is 12.8. The first kappa shape index (κ1) is 27.0. The van der Waals surface area contributed by atoms with Gasteiger partial charge >= 0.3 is 6.09 Å². The fraction of sp³-hybridized carbons (Fsp3) is 0.481. The first-order chi connectivity index (χ1) is 18.4. The zero-order valence-corrected chi connectivity index (χ0v) is 22.9. The normalized spacial score (nSPS) is 12.8. The van der Waals surface area contributed by atoms with E-state index in [-0.39, 0.29) is 12.0 Å². The van der Waals surface area contributed by atoms with Gasteiger partial charge in [-0.25, -0.2) is 19.7 Å². The Labute approximate surface area is 223 Å². The van der Waals surface area contributed by atoms with Gasteiger partial charge in [-0.15, -0.1) is 0 Å². The number of nitrogens with one attached hydrogen (secondary N) is 1. The second-order valence-corrected chi connectivity index (χ2v) is 9.32. The minimum atomic E-state index is -0.299. The van der Waals surface area contributed by atoms with E-state index in [1.165, 1.54) is 0 Å². The minimum Gasteiger partial charge on any atom is -0.493 e. The molecule has 1 aromatic carbocycles. The first-order valence-corrected chi connectivity index (χ1v) is 12.8. The second kappa shape index (κ2) is 12.0. The number of fused-ring (bicyclic) bond motifs is 1. The van der Waals surface area contributed by atoms with Crippen LogP contribution in [0, 0.1) is 0 Å². The SMILES string of the molecule is CCCCOC(=O)N1CCc2c(nc(C(C)C)nc2Nc2cn(-c3cc(OC)c(OC)c(OC)c3)cn2)C1. The van der Waals surface area contributed by atoms with Gasteiger partial charge in [0.25, 0.3) is 0 Å². The number of amides is 1. The summed E-state index contributed by atoms with van der Waals surface area (Å²) in [5, 5.41) is 3.38. The standard InChI is InChI=1S/C27H36N6O5/c1-7-8-11-38-27(34)32-10-9-19-20(14-32)29-25(17(2)3)31-26(19)30-23-15-33(16-28-23)18-12-21(35-4)24(37-6)22(13-18)36-5/h12-13,15-17H,7-11,14H2,1-6H3,(H,29,30,31). The van der Waals surface area contributed by atoms with Gasteiger partial charge in [-0.2, -0.15) is 0 Å². The Morgan fingerprint density at radius 1 is 1.11 bits per heavy atom. The van der Waals surface area contributed by atoms with Crippen molar-refractivity contribution in [2.24, 2.45) is 0 Å². The maximum atomic E-state index is 12.6. The Morgan fingerprint density at radius 3 is 2.47 bits per heavy atom. The van der Waals surface area contributed by atoms with E-state index in [1.54, 1.807) is 32.6 Å². The number of anilines is 2. The third-order valence-electron chi connectivity index (χ3n) is 6.36. The van der Waals surface area contributed by atoms with Crippen molar-refractivity contribution in [2.45, 2.75) is 52.5 Å². The third-order valence-corrected chi connectivity index (χ3v) is 6.36. The van der Waals surface area contributed by atoms with Crippen LogP contribution in [0.4, 0.5) is 16.4 Å². The van der Waals surface area contributed by atoms with Gasteiger partial charge in [0.1, 0.15) is 23.8 Å². The molecule has 0 unspecified atom stereocenters. The monoisotopic (exact) mass is 524 g/mol. The van der Waals surface area contributed by atoms with Crippen molar-refractivity contribution in [1.29, 1.82) is 0 Å². The van der Waals surface area contributed by atoms with Crippen LogP contribution in [-0.4, -0.2) is 65.0 Å². The highest BCUT2D eigenvalue weighted by Gasteiger charge is 2.27. The molecule has 1 aliphatic rings. The molecule has 0 fully saturated rings. The summed E-state index contributed by atoms with van der Waals surface area (Å²) in [7, 11) is 4.73. The maximum Gasteiger partial charge on any atom is 0.410 e. The number of hydrogen-bond acceptors (Lipinski definition) is 9. The highest BCUT2D eigenvalue weighted by molar-refractivity contribution is 5.69. The Balaban J connectivity index is 1.60. The van der Waals surface area contributed by atoms with Crippen molar-refractivity contribution in [1.82, 2.24) is 24.4 Å². The lowest BCUT2D eigenvalue weighted by atomic mass is 10.0. The molecule has 3 heterocycles. The third kappa shape index (κ3) is 5.76. The van der Waals surface area contributed by atoms with Crippen molar-refractivity contribution in [3.63, 3.8) is 0 Å². The quantitative estimate of drug-likeness (QED) is 0.372. The topological polar surface area (TPSA) is 113 Å². The van der Waals surface area contributed by atoms with Gasteiger partial charge < -0.3 is 33.7 Å². The van der Waals surface area contributed by atoms with Crippen LogP contribution in [0.5, 0.6) is 17.2 Å². The number of methoxy groups -OCH3 is 3. The molecule has 0 aliphatic carbocycles. The highest BCUT2D eigenvalue weighted by Crippen LogP contribution is 2.39. The number of benzene rings is 1. The number of carbonyl (C=O) groups excluding carboxylic acids is 1. The molecule has 1 amide bonds. The molecule has 11 nitrogen and oxygen atoms in total. The van der Waals surface area contributed by atoms with Crippen molar-refractivity contribution in [2.75, 3.05) is 39.8 Å². The zero-order chi connectivity index (χ0) is 27.2. The predicted octanol–water partition coefficient (Wildman–Crippen LogP) is 4.85. The Morgan fingerprint density at radius 2 is 1.84 bits per heavy atom. The minimum absolute atomic E-state index is 0.115. The molecule has 0 spiro atoms. The molecule has 38 heavy (non-hydrogen) atoms. The summed E-state index contributed by atoms with van der Waals surface area (Å²) < 4.78 is 23.7. The largest absolute Gasteiger partial charge is 0.493 e. The van der Waals surface area contributed by atoms with Gasteiger partial charge in [-0.3, -0.25) is 0 Å². The molecular weight excluding hydrogens is 488 g/mol. The van der Waals surface area contributed by atoms with Gasteiger partial charge in [0.15, 0.2) is 11.5 Å². The van der Waals surface area contributed by atoms with Crippen LogP contribution in [0.25, 0.3) is 5.69 Å². The summed E-state index contributed by atoms with van der Waals surface area (Å²) in [6, 6.07) is 3.70. The van der Waals surface area contributed by atoms with Gasteiger partial charge in [0.05, 0.1) is 52.1 Å². The molecular formula is C27H36N6O5. The number of aromatic nitrogens is 4. The van der Waals surface area contributed by atoms with Gasteiger partial charge in [0, 0.05) is 30.2 Å². The van der Waals surface area contributed by atoms with Crippen LogP contribution in [0.1, 0.15) is 56.6 Å². The molecule has 204 valence electrons. The summed E-state index contributed by atoms with van der Waals surface area (Å²) >= 11 is 0.